The summed E-state index contributed by atoms with van der Waals surface area (Å²) in [5, 5.41) is 3.78. The number of hydrogen-bond donors (Lipinski definition) is 1. The summed E-state index contributed by atoms with van der Waals surface area (Å²) >= 11 is 0. The molecule has 2 fully saturated rings. The third-order valence-corrected chi connectivity index (χ3v) is 4.75. The Kier molecular flexibility index (Phi) is 5.15. The molecule has 1 heteroatoms. The Balaban J connectivity index is 1.82. The second-order valence-corrected chi connectivity index (χ2v) is 5.95. The lowest BCUT2D eigenvalue weighted by atomic mass is 9.77. The zero-order chi connectivity index (χ0) is 11.2. The lowest BCUT2D eigenvalue weighted by molar-refractivity contribution is 0.212. The van der Waals surface area contributed by atoms with Crippen molar-refractivity contribution in [3.63, 3.8) is 0 Å². The van der Waals surface area contributed by atoms with E-state index in [0.29, 0.717) is 0 Å². The van der Waals surface area contributed by atoms with Gasteiger partial charge in [0.2, 0.25) is 0 Å². The van der Waals surface area contributed by atoms with E-state index in [2.05, 4.69) is 12.2 Å². The quantitative estimate of drug-likeness (QED) is 0.691. The Hall–Kier alpha value is -0.0400. The zero-order valence-electron chi connectivity index (χ0n) is 11.0. The summed E-state index contributed by atoms with van der Waals surface area (Å²) < 4.78 is 0. The first-order valence-corrected chi connectivity index (χ1v) is 7.63. The molecule has 0 saturated heterocycles. The van der Waals surface area contributed by atoms with Gasteiger partial charge in [0.25, 0.3) is 0 Å². The molecule has 16 heavy (non-hydrogen) atoms. The average molecular weight is 223 g/mol. The maximum Gasteiger partial charge on any atom is 0.00978 e. The molecule has 94 valence electrons. The summed E-state index contributed by atoms with van der Waals surface area (Å²) in [7, 11) is 0. The van der Waals surface area contributed by atoms with Crippen LogP contribution < -0.4 is 5.32 Å². The summed E-state index contributed by atoms with van der Waals surface area (Å²) in [6, 6.07) is 0.841. The van der Waals surface area contributed by atoms with Crippen molar-refractivity contribution < 1.29 is 0 Å². The number of hydrogen-bond acceptors (Lipinski definition) is 1. The standard InChI is InChI=1S/C15H29N/c1-2-16-15(12-13-8-7-9-13)14-10-5-3-4-6-11-14/h13-16H,2-12H2,1H3. The molecule has 1 N–H and O–H groups in total. The van der Waals surface area contributed by atoms with Crippen LogP contribution in [-0.4, -0.2) is 12.6 Å². The van der Waals surface area contributed by atoms with Crippen LogP contribution in [0.5, 0.6) is 0 Å². The zero-order valence-corrected chi connectivity index (χ0v) is 11.0. The van der Waals surface area contributed by atoms with Crippen LogP contribution >= 0.6 is 0 Å². The smallest absolute Gasteiger partial charge is 0.00978 e. The SMILES string of the molecule is CCNC(CC1CCC1)C1CCCCCC1. The van der Waals surface area contributed by atoms with Gasteiger partial charge in [0.15, 0.2) is 0 Å². The van der Waals surface area contributed by atoms with E-state index in [4.69, 9.17) is 0 Å². The van der Waals surface area contributed by atoms with Crippen LogP contribution in [0.1, 0.15) is 71.1 Å². The fraction of sp³-hybridized carbons (Fsp3) is 1.00. The van der Waals surface area contributed by atoms with E-state index in [-0.39, 0.29) is 0 Å². The minimum Gasteiger partial charge on any atom is -0.314 e. The average Bonchev–Trinajstić information content (AvgIpc) is 2.50. The Morgan fingerprint density at radius 3 is 2.12 bits per heavy atom. The maximum absolute atomic E-state index is 3.78. The van der Waals surface area contributed by atoms with Crippen LogP contribution in [-0.2, 0) is 0 Å². The molecule has 0 aromatic carbocycles. The van der Waals surface area contributed by atoms with Gasteiger partial charge in [0, 0.05) is 6.04 Å². The molecule has 1 atom stereocenters. The molecule has 2 rings (SSSR count). The highest BCUT2D eigenvalue weighted by Gasteiger charge is 2.27. The fourth-order valence-electron chi connectivity index (χ4n) is 3.51. The van der Waals surface area contributed by atoms with E-state index in [1.54, 1.807) is 0 Å². The van der Waals surface area contributed by atoms with Crippen molar-refractivity contribution in [1.82, 2.24) is 5.32 Å². The minimum absolute atomic E-state index is 0.841. The van der Waals surface area contributed by atoms with Crippen LogP contribution in [0.25, 0.3) is 0 Å². The predicted molar refractivity (Wildman–Crippen MR) is 70.6 cm³/mol. The van der Waals surface area contributed by atoms with Gasteiger partial charge in [0.1, 0.15) is 0 Å². The second kappa shape index (κ2) is 6.64. The highest BCUT2D eigenvalue weighted by atomic mass is 14.9. The van der Waals surface area contributed by atoms with Crippen molar-refractivity contribution in [1.29, 1.82) is 0 Å². The Bertz CT molecular complexity index is 178. The van der Waals surface area contributed by atoms with Crippen molar-refractivity contribution >= 4 is 0 Å². The largest absolute Gasteiger partial charge is 0.314 e. The lowest BCUT2D eigenvalue weighted by Crippen LogP contribution is -2.38. The highest BCUT2D eigenvalue weighted by molar-refractivity contribution is 4.83. The van der Waals surface area contributed by atoms with Crippen molar-refractivity contribution in [2.24, 2.45) is 11.8 Å². The van der Waals surface area contributed by atoms with E-state index in [1.165, 1.54) is 64.2 Å². The normalized spacial score (nSPS) is 26.1. The van der Waals surface area contributed by atoms with Crippen LogP contribution in [0.3, 0.4) is 0 Å². The summed E-state index contributed by atoms with van der Waals surface area (Å²) in [6.07, 6.45) is 14.9. The molecule has 0 bridgehead atoms. The third-order valence-electron chi connectivity index (χ3n) is 4.75. The maximum atomic E-state index is 3.78. The van der Waals surface area contributed by atoms with Gasteiger partial charge in [-0.25, -0.2) is 0 Å². The molecule has 0 amide bonds. The highest BCUT2D eigenvalue weighted by Crippen LogP contribution is 2.35. The van der Waals surface area contributed by atoms with Crippen LogP contribution in [0.2, 0.25) is 0 Å². The van der Waals surface area contributed by atoms with Crippen molar-refractivity contribution in [2.45, 2.75) is 77.2 Å². The number of rotatable bonds is 5. The summed E-state index contributed by atoms with van der Waals surface area (Å²) in [6.45, 7) is 3.43. The third kappa shape index (κ3) is 3.48. The number of nitrogens with one attached hydrogen (secondary N) is 1. The first-order valence-electron chi connectivity index (χ1n) is 7.63. The van der Waals surface area contributed by atoms with Crippen molar-refractivity contribution in [3.8, 4) is 0 Å². The van der Waals surface area contributed by atoms with Gasteiger partial charge in [-0.05, 0) is 37.6 Å². The van der Waals surface area contributed by atoms with E-state index < -0.39 is 0 Å². The molecular weight excluding hydrogens is 194 g/mol. The Labute approximate surface area is 101 Å². The topological polar surface area (TPSA) is 12.0 Å². The van der Waals surface area contributed by atoms with E-state index in [0.717, 1.165) is 24.4 Å². The molecule has 0 spiro atoms. The predicted octanol–water partition coefficient (Wildman–Crippen LogP) is 4.13. The molecule has 2 aliphatic carbocycles. The summed E-state index contributed by atoms with van der Waals surface area (Å²) in [4.78, 5) is 0. The van der Waals surface area contributed by atoms with E-state index >= 15 is 0 Å². The van der Waals surface area contributed by atoms with E-state index in [9.17, 15) is 0 Å². The molecule has 0 aromatic heterocycles. The van der Waals surface area contributed by atoms with Gasteiger partial charge in [-0.15, -0.1) is 0 Å². The fourth-order valence-corrected chi connectivity index (χ4v) is 3.51. The van der Waals surface area contributed by atoms with Gasteiger partial charge >= 0.3 is 0 Å². The molecule has 0 heterocycles. The first-order chi connectivity index (χ1) is 7.90. The molecule has 2 saturated carbocycles. The summed E-state index contributed by atoms with van der Waals surface area (Å²) in [5.41, 5.74) is 0. The second-order valence-electron chi connectivity index (χ2n) is 5.95. The molecule has 2 aliphatic rings. The van der Waals surface area contributed by atoms with Crippen LogP contribution in [0.15, 0.2) is 0 Å². The molecule has 1 unspecified atom stereocenters. The van der Waals surface area contributed by atoms with Gasteiger partial charge in [-0.2, -0.15) is 0 Å². The summed E-state index contributed by atoms with van der Waals surface area (Å²) in [5.74, 6) is 2.05. The van der Waals surface area contributed by atoms with Crippen molar-refractivity contribution in [3.05, 3.63) is 0 Å². The minimum atomic E-state index is 0.841. The molecule has 0 aliphatic heterocycles. The van der Waals surface area contributed by atoms with Gasteiger partial charge in [-0.1, -0.05) is 51.9 Å². The molecule has 0 radical (unpaired) electrons. The van der Waals surface area contributed by atoms with Crippen molar-refractivity contribution in [2.75, 3.05) is 6.54 Å². The molecule has 1 nitrogen and oxygen atoms in total. The van der Waals surface area contributed by atoms with Gasteiger partial charge in [-0.3, -0.25) is 0 Å². The van der Waals surface area contributed by atoms with Crippen LogP contribution in [0.4, 0.5) is 0 Å². The molecular formula is C15H29N. The van der Waals surface area contributed by atoms with E-state index in [1.807, 2.05) is 0 Å². The molecule has 0 aromatic rings. The first kappa shape index (κ1) is 12.4. The van der Waals surface area contributed by atoms with Crippen LogP contribution in [0, 0.1) is 11.8 Å². The van der Waals surface area contributed by atoms with Gasteiger partial charge < -0.3 is 5.32 Å². The van der Waals surface area contributed by atoms with Gasteiger partial charge in [0.05, 0.1) is 0 Å². The monoisotopic (exact) mass is 223 g/mol. The Morgan fingerprint density at radius 1 is 0.938 bits per heavy atom. The Morgan fingerprint density at radius 2 is 1.62 bits per heavy atom. The lowest BCUT2D eigenvalue weighted by Gasteiger charge is -2.34.